The van der Waals surface area contributed by atoms with Gasteiger partial charge in [-0.2, -0.15) is 0 Å². The van der Waals surface area contributed by atoms with Crippen molar-refractivity contribution in [1.29, 1.82) is 0 Å². The van der Waals surface area contributed by atoms with Crippen LogP contribution in [0.3, 0.4) is 0 Å². The largest absolute Gasteiger partial charge is 0.423 e. The van der Waals surface area contributed by atoms with Gasteiger partial charge in [0.1, 0.15) is 11.9 Å². The molecule has 2 aromatic heterocycles. The van der Waals surface area contributed by atoms with Crippen LogP contribution in [0.1, 0.15) is 55.8 Å². The summed E-state index contributed by atoms with van der Waals surface area (Å²) in [4.78, 5) is 17.7. The number of carbonyl (C=O) groups is 1. The number of benzene rings is 1. The van der Waals surface area contributed by atoms with Crippen LogP contribution in [0.2, 0.25) is 5.02 Å². The molecule has 0 saturated heterocycles. The van der Waals surface area contributed by atoms with E-state index >= 15 is 0 Å². The van der Waals surface area contributed by atoms with E-state index in [0.29, 0.717) is 23.2 Å². The molecule has 1 amide bonds. The van der Waals surface area contributed by atoms with Gasteiger partial charge in [0, 0.05) is 29.0 Å². The second kappa shape index (κ2) is 9.43. The Labute approximate surface area is 211 Å². The fourth-order valence-corrected chi connectivity index (χ4v) is 5.68. The van der Waals surface area contributed by atoms with Crippen molar-refractivity contribution in [2.24, 2.45) is 10.9 Å². The number of aliphatic imine (C=N–C) groups is 1. The maximum atomic E-state index is 11.2. The summed E-state index contributed by atoms with van der Waals surface area (Å²) in [6, 6.07) is 7.32. The number of halogens is 1. The molecule has 0 spiro atoms. The Morgan fingerprint density at radius 3 is 2.63 bits per heavy atom. The van der Waals surface area contributed by atoms with E-state index in [1.807, 2.05) is 31.2 Å². The Kier molecular flexibility index (Phi) is 6.33. The predicted octanol–water partition coefficient (Wildman–Crippen LogP) is 4.50. The summed E-state index contributed by atoms with van der Waals surface area (Å²) in [5.41, 5.74) is 2.97. The lowest BCUT2D eigenvalue weighted by molar-refractivity contribution is -0.119. The topological polar surface area (TPSA) is 111 Å². The average Bonchev–Trinajstić information content (AvgIpc) is 3.38. The third kappa shape index (κ3) is 4.68. The van der Waals surface area contributed by atoms with Crippen molar-refractivity contribution in [2.75, 3.05) is 0 Å². The number of nitrogens with one attached hydrogen (secondary N) is 1. The molecule has 1 unspecified atom stereocenters. The highest BCUT2D eigenvalue weighted by Crippen LogP contribution is 2.45. The van der Waals surface area contributed by atoms with Crippen molar-refractivity contribution in [3.8, 4) is 0 Å². The Bertz CT molecular complexity index is 1390. The summed E-state index contributed by atoms with van der Waals surface area (Å²) >= 11 is 7.88. The highest BCUT2D eigenvalue weighted by molar-refractivity contribution is 8.11. The maximum Gasteiger partial charge on any atom is 0.235 e. The second-order valence-corrected chi connectivity index (χ2v) is 10.2. The number of hydrogen-bond acceptors (Lipinski definition) is 8. The second-order valence-electron chi connectivity index (χ2n) is 8.53. The van der Waals surface area contributed by atoms with Crippen LogP contribution in [0, 0.1) is 12.8 Å². The van der Waals surface area contributed by atoms with Gasteiger partial charge in [-0.05, 0) is 30.9 Å². The molecule has 1 aromatic carbocycles. The lowest BCUT2D eigenvalue weighted by atomic mass is 9.92. The van der Waals surface area contributed by atoms with Crippen LogP contribution in [0.25, 0.3) is 5.03 Å². The first-order chi connectivity index (χ1) is 16.8. The zero-order valence-electron chi connectivity index (χ0n) is 19.7. The first-order valence-electron chi connectivity index (χ1n) is 11.2. The van der Waals surface area contributed by atoms with E-state index < -0.39 is 6.04 Å². The van der Waals surface area contributed by atoms with Gasteiger partial charge >= 0.3 is 0 Å². The molecule has 9 nitrogen and oxygen atoms in total. The lowest BCUT2D eigenvalue weighted by Gasteiger charge is -2.25. The summed E-state index contributed by atoms with van der Waals surface area (Å²) in [6.07, 6.45) is 2.59. The van der Waals surface area contributed by atoms with Crippen molar-refractivity contribution < 1.29 is 9.21 Å². The molecule has 0 bridgehead atoms. The summed E-state index contributed by atoms with van der Waals surface area (Å²) in [5, 5.41) is 21.5. The van der Waals surface area contributed by atoms with Crippen molar-refractivity contribution in [2.45, 2.75) is 46.7 Å². The minimum absolute atomic E-state index is 0.141. The van der Waals surface area contributed by atoms with Gasteiger partial charge in [0.2, 0.25) is 17.7 Å². The monoisotopic (exact) mass is 509 g/mol. The van der Waals surface area contributed by atoms with Gasteiger partial charge in [-0.25, -0.2) is 0 Å². The Hall–Kier alpha value is -3.24. The molecule has 11 heteroatoms. The quantitative estimate of drug-likeness (QED) is 0.539. The van der Waals surface area contributed by atoms with Crippen LogP contribution in [-0.4, -0.2) is 36.6 Å². The number of hydrogen-bond donors (Lipinski definition) is 1. The predicted molar refractivity (Wildman–Crippen MR) is 135 cm³/mol. The third-order valence-electron chi connectivity index (χ3n) is 5.80. The molecule has 2 atom stereocenters. The molecule has 0 radical (unpaired) electrons. The molecule has 180 valence electrons. The van der Waals surface area contributed by atoms with E-state index in [4.69, 9.17) is 21.0 Å². The van der Waals surface area contributed by atoms with E-state index in [2.05, 4.69) is 50.2 Å². The number of fused-ring (bicyclic) bond motifs is 2. The highest BCUT2D eigenvalue weighted by Gasteiger charge is 2.34. The van der Waals surface area contributed by atoms with E-state index in [1.165, 1.54) is 11.8 Å². The van der Waals surface area contributed by atoms with E-state index in [0.717, 1.165) is 33.5 Å². The molecule has 35 heavy (non-hydrogen) atoms. The zero-order chi connectivity index (χ0) is 24.7. The SMILES string of the molecule is CC(=O)NCc1nnc(C[C@@H]2N=C(c3ccc(Cl)cc3)C3=C(SC(C)=CC3C)n3c(C)nnc32)o1. The Morgan fingerprint density at radius 1 is 1.14 bits per heavy atom. The normalized spacial score (nSPS) is 19.5. The van der Waals surface area contributed by atoms with E-state index in [9.17, 15) is 4.79 Å². The van der Waals surface area contributed by atoms with Gasteiger partial charge < -0.3 is 9.73 Å². The fourth-order valence-electron chi connectivity index (χ4n) is 4.27. The van der Waals surface area contributed by atoms with Gasteiger partial charge in [0.05, 0.1) is 23.7 Å². The first-order valence-corrected chi connectivity index (χ1v) is 12.4. The summed E-state index contributed by atoms with van der Waals surface area (Å²) in [5.74, 6) is 2.23. The minimum Gasteiger partial charge on any atom is -0.423 e. The van der Waals surface area contributed by atoms with Gasteiger partial charge in [0.15, 0.2) is 5.82 Å². The van der Waals surface area contributed by atoms with Crippen molar-refractivity contribution in [3.63, 3.8) is 0 Å². The average molecular weight is 510 g/mol. The number of thioether (sulfide) groups is 1. The van der Waals surface area contributed by atoms with Crippen LogP contribution in [0.4, 0.5) is 0 Å². The number of aryl methyl sites for hydroxylation is 1. The smallest absolute Gasteiger partial charge is 0.235 e. The van der Waals surface area contributed by atoms with E-state index in [-0.39, 0.29) is 18.4 Å². The van der Waals surface area contributed by atoms with Crippen LogP contribution < -0.4 is 5.32 Å². The van der Waals surface area contributed by atoms with Gasteiger partial charge in [-0.3, -0.25) is 14.4 Å². The van der Waals surface area contributed by atoms with Gasteiger partial charge in [0.25, 0.3) is 0 Å². The summed E-state index contributed by atoms with van der Waals surface area (Å²) in [7, 11) is 0. The molecule has 0 saturated carbocycles. The maximum absolute atomic E-state index is 11.2. The van der Waals surface area contributed by atoms with Gasteiger partial charge in [-0.1, -0.05) is 48.5 Å². The number of carbonyl (C=O) groups excluding carboxylic acids is 1. The number of nitrogens with zero attached hydrogens (tertiary/aromatic N) is 6. The molecule has 0 fully saturated rings. The molecule has 5 rings (SSSR count). The van der Waals surface area contributed by atoms with Crippen molar-refractivity contribution >= 4 is 40.0 Å². The molecular formula is C24H24ClN7O2S. The molecular weight excluding hydrogens is 486 g/mol. The Balaban J connectivity index is 1.61. The molecule has 3 aromatic rings. The first kappa shape index (κ1) is 23.5. The molecule has 2 aliphatic rings. The molecule has 0 aliphatic carbocycles. The molecule has 1 N–H and O–H groups in total. The fraction of sp³-hybridized carbons (Fsp3) is 0.333. The van der Waals surface area contributed by atoms with Crippen LogP contribution in [0.5, 0.6) is 0 Å². The zero-order valence-corrected chi connectivity index (χ0v) is 21.3. The van der Waals surface area contributed by atoms with Crippen LogP contribution >= 0.6 is 23.4 Å². The summed E-state index contributed by atoms with van der Waals surface area (Å²) < 4.78 is 7.90. The molecule has 4 heterocycles. The number of amides is 1. The van der Waals surface area contributed by atoms with E-state index in [1.54, 1.807) is 11.8 Å². The Morgan fingerprint density at radius 2 is 1.89 bits per heavy atom. The lowest BCUT2D eigenvalue weighted by Crippen LogP contribution is -2.19. The highest BCUT2D eigenvalue weighted by atomic mass is 35.5. The van der Waals surface area contributed by atoms with Crippen LogP contribution in [0.15, 0.2) is 50.2 Å². The summed E-state index contributed by atoms with van der Waals surface area (Å²) in [6.45, 7) is 7.85. The van der Waals surface area contributed by atoms with Gasteiger partial charge in [-0.15, -0.1) is 20.4 Å². The standard InChI is InChI=1S/C24H24ClN7O2S/c1-12-9-13(2)35-24-21(12)22(16-5-7-17(25)8-6-16)27-18(23-31-28-14(3)32(23)24)10-19-29-30-20(34-19)11-26-15(4)33/h5-9,12,18H,10-11H2,1-4H3,(H,26,33)/t12?,18-/m0/s1. The number of allylic oxidation sites excluding steroid dienone is 3. The molecule has 2 aliphatic heterocycles. The minimum atomic E-state index is -0.408. The number of rotatable bonds is 5. The third-order valence-corrected chi connectivity index (χ3v) is 7.11. The number of aromatic nitrogens is 5. The van der Waals surface area contributed by atoms with Crippen molar-refractivity contribution in [3.05, 3.63) is 74.8 Å². The van der Waals surface area contributed by atoms with Crippen molar-refractivity contribution in [1.82, 2.24) is 30.3 Å². The van der Waals surface area contributed by atoms with Crippen LogP contribution in [-0.2, 0) is 17.8 Å².